The van der Waals surface area contributed by atoms with Gasteiger partial charge in [0.25, 0.3) is 0 Å². The Kier molecular flexibility index (Phi) is 6.40. The summed E-state index contributed by atoms with van der Waals surface area (Å²) in [6.45, 7) is -0.259. The van der Waals surface area contributed by atoms with Crippen molar-refractivity contribution in [1.29, 1.82) is 0 Å². The van der Waals surface area contributed by atoms with Crippen LogP contribution in [0.1, 0.15) is 11.1 Å². The number of amides is 1. The lowest BCUT2D eigenvalue weighted by molar-refractivity contribution is -0.137. The van der Waals surface area contributed by atoms with Gasteiger partial charge in [0.05, 0.1) is 12.0 Å². The van der Waals surface area contributed by atoms with Crippen LogP contribution in [0.5, 0.6) is 0 Å². The first-order valence-electron chi connectivity index (χ1n) is 8.88. The van der Waals surface area contributed by atoms with Crippen LogP contribution in [0.3, 0.4) is 0 Å². The average molecular weight is 465 g/mol. The summed E-state index contributed by atoms with van der Waals surface area (Å²) >= 11 is 6.04. The predicted octanol–water partition coefficient (Wildman–Crippen LogP) is 3.57. The Morgan fingerprint density at radius 1 is 1.03 bits per heavy atom. The van der Waals surface area contributed by atoms with Crippen molar-refractivity contribution in [3.8, 4) is 0 Å². The van der Waals surface area contributed by atoms with E-state index in [9.17, 15) is 30.8 Å². The molecule has 0 spiro atoms. The summed E-state index contributed by atoms with van der Waals surface area (Å²) in [6, 6.07) is 8.09. The second-order valence-electron chi connectivity index (χ2n) is 6.70. The highest BCUT2D eigenvalue weighted by atomic mass is 35.5. The topological polar surface area (TPSA) is 57.7 Å². The number of rotatable bonds is 4. The molecule has 11 heteroatoms. The minimum atomic E-state index is -4.80. The molecule has 30 heavy (non-hydrogen) atoms. The van der Waals surface area contributed by atoms with Gasteiger partial charge >= 0.3 is 6.18 Å². The molecule has 0 unspecified atom stereocenters. The molecule has 0 radical (unpaired) electrons. The number of alkyl halides is 3. The summed E-state index contributed by atoms with van der Waals surface area (Å²) in [7, 11) is -4.49. The monoisotopic (exact) mass is 464 g/mol. The molecule has 162 valence electrons. The molecule has 5 nitrogen and oxygen atoms in total. The fourth-order valence-corrected chi connectivity index (χ4v) is 4.83. The lowest BCUT2D eigenvalue weighted by Crippen LogP contribution is -2.51. The standard InChI is InChI=1S/C19H17ClF4N2O3S/c20-15-4-2-1-3-13(15)11-18(27)25-7-9-26(10-8-25)30(28,29)17-12-14(19(22,23)24)5-6-16(17)21/h1-6,12H,7-11H2. The second kappa shape index (κ2) is 8.52. The number of hydrogen-bond donors (Lipinski definition) is 0. The molecule has 0 N–H and O–H groups in total. The summed E-state index contributed by atoms with van der Waals surface area (Å²) in [5, 5.41) is 0.437. The zero-order valence-corrected chi connectivity index (χ0v) is 17.1. The molecular formula is C19H17ClF4N2O3S. The number of carbonyl (C=O) groups is 1. The van der Waals surface area contributed by atoms with Crippen LogP contribution >= 0.6 is 11.6 Å². The molecule has 0 aromatic heterocycles. The molecule has 2 aromatic rings. The second-order valence-corrected chi connectivity index (χ2v) is 9.01. The Labute approximate surface area is 175 Å². The SMILES string of the molecule is O=C(Cc1ccccc1Cl)N1CCN(S(=O)(=O)c2cc(C(F)(F)F)ccc2F)CC1. The number of halogens is 5. The van der Waals surface area contributed by atoms with Crippen LogP contribution in [-0.2, 0) is 27.4 Å². The highest BCUT2D eigenvalue weighted by Gasteiger charge is 2.36. The zero-order valence-electron chi connectivity index (χ0n) is 15.5. The molecule has 1 fully saturated rings. The third-order valence-electron chi connectivity index (χ3n) is 4.77. The van der Waals surface area contributed by atoms with E-state index < -0.39 is 32.5 Å². The Morgan fingerprint density at radius 2 is 1.67 bits per heavy atom. The van der Waals surface area contributed by atoms with E-state index in [0.29, 0.717) is 28.8 Å². The first-order valence-corrected chi connectivity index (χ1v) is 10.7. The minimum absolute atomic E-state index is 0.0308. The van der Waals surface area contributed by atoms with E-state index in [0.717, 1.165) is 4.31 Å². The fraction of sp³-hybridized carbons (Fsp3) is 0.316. The van der Waals surface area contributed by atoms with E-state index in [1.165, 1.54) is 4.90 Å². The molecule has 1 amide bonds. The van der Waals surface area contributed by atoms with Crippen LogP contribution in [0.2, 0.25) is 5.02 Å². The van der Waals surface area contributed by atoms with Crippen LogP contribution in [-0.4, -0.2) is 49.7 Å². The molecule has 1 aliphatic heterocycles. The number of piperazine rings is 1. The van der Waals surface area contributed by atoms with Gasteiger partial charge in [-0.1, -0.05) is 29.8 Å². The van der Waals surface area contributed by atoms with Crippen LogP contribution in [0.15, 0.2) is 47.4 Å². The van der Waals surface area contributed by atoms with Crippen molar-refractivity contribution in [2.75, 3.05) is 26.2 Å². The van der Waals surface area contributed by atoms with Gasteiger partial charge in [-0.25, -0.2) is 12.8 Å². The van der Waals surface area contributed by atoms with Gasteiger partial charge in [-0.05, 0) is 29.8 Å². The molecule has 3 rings (SSSR count). The van der Waals surface area contributed by atoms with Gasteiger partial charge in [-0.2, -0.15) is 17.5 Å². The lowest BCUT2D eigenvalue weighted by atomic mass is 10.1. The smallest absolute Gasteiger partial charge is 0.340 e. The summed E-state index contributed by atoms with van der Waals surface area (Å²) in [5.74, 6) is -1.52. The third kappa shape index (κ3) is 4.76. The Bertz CT molecular complexity index is 1050. The normalized spacial score (nSPS) is 16.0. The van der Waals surface area contributed by atoms with Gasteiger partial charge in [-0.15, -0.1) is 0 Å². The quantitative estimate of drug-likeness (QED) is 0.650. The first-order chi connectivity index (χ1) is 14.0. The third-order valence-corrected chi connectivity index (χ3v) is 7.05. The lowest BCUT2D eigenvalue weighted by Gasteiger charge is -2.34. The summed E-state index contributed by atoms with van der Waals surface area (Å²) in [5.41, 5.74) is -0.624. The largest absolute Gasteiger partial charge is 0.416 e. The molecule has 1 saturated heterocycles. The highest BCUT2D eigenvalue weighted by molar-refractivity contribution is 7.89. The summed E-state index contributed by atoms with van der Waals surface area (Å²) < 4.78 is 79.0. The van der Waals surface area contributed by atoms with Gasteiger partial charge in [-0.3, -0.25) is 4.79 Å². The van der Waals surface area contributed by atoms with E-state index >= 15 is 0 Å². The molecule has 0 bridgehead atoms. The van der Waals surface area contributed by atoms with Crippen molar-refractivity contribution < 1.29 is 30.8 Å². The molecular weight excluding hydrogens is 448 g/mol. The van der Waals surface area contributed by atoms with E-state index in [1.54, 1.807) is 24.3 Å². The van der Waals surface area contributed by atoms with Crippen molar-refractivity contribution in [3.05, 3.63) is 64.4 Å². The van der Waals surface area contributed by atoms with Crippen LogP contribution < -0.4 is 0 Å². The maximum absolute atomic E-state index is 14.0. The minimum Gasteiger partial charge on any atom is -0.340 e. The van der Waals surface area contributed by atoms with Gasteiger partial charge in [0.2, 0.25) is 15.9 Å². The maximum atomic E-state index is 14.0. The number of benzene rings is 2. The van der Waals surface area contributed by atoms with Gasteiger partial charge in [0.15, 0.2) is 0 Å². The zero-order chi connectivity index (χ0) is 22.1. The molecule has 0 aliphatic carbocycles. The van der Waals surface area contributed by atoms with Crippen LogP contribution in [0.25, 0.3) is 0 Å². The van der Waals surface area contributed by atoms with Crippen molar-refractivity contribution in [2.45, 2.75) is 17.5 Å². The van der Waals surface area contributed by atoms with Gasteiger partial charge in [0.1, 0.15) is 10.7 Å². The molecule has 0 saturated carbocycles. The number of carbonyl (C=O) groups excluding carboxylic acids is 1. The van der Waals surface area contributed by atoms with Crippen molar-refractivity contribution in [1.82, 2.24) is 9.21 Å². The van der Waals surface area contributed by atoms with Crippen molar-refractivity contribution in [3.63, 3.8) is 0 Å². The maximum Gasteiger partial charge on any atom is 0.416 e. The summed E-state index contributed by atoms with van der Waals surface area (Å²) in [4.78, 5) is 12.9. The van der Waals surface area contributed by atoms with Crippen LogP contribution in [0.4, 0.5) is 17.6 Å². The fourth-order valence-electron chi connectivity index (χ4n) is 3.11. The van der Waals surface area contributed by atoms with E-state index in [2.05, 4.69) is 0 Å². The van der Waals surface area contributed by atoms with Crippen LogP contribution in [0, 0.1) is 5.82 Å². The predicted molar refractivity (Wildman–Crippen MR) is 102 cm³/mol. The number of sulfonamides is 1. The summed E-state index contributed by atoms with van der Waals surface area (Å²) in [6.07, 6.45) is -4.77. The first kappa shape index (κ1) is 22.5. The van der Waals surface area contributed by atoms with E-state index in [-0.39, 0.29) is 38.5 Å². The molecule has 1 heterocycles. The Balaban J connectivity index is 1.71. The highest BCUT2D eigenvalue weighted by Crippen LogP contribution is 2.32. The molecule has 1 aliphatic rings. The van der Waals surface area contributed by atoms with Gasteiger partial charge < -0.3 is 4.90 Å². The number of hydrogen-bond acceptors (Lipinski definition) is 3. The van der Waals surface area contributed by atoms with E-state index in [1.807, 2.05) is 0 Å². The van der Waals surface area contributed by atoms with E-state index in [4.69, 9.17) is 11.6 Å². The van der Waals surface area contributed by atoms with Gasteiger partial charge in [0, 0.05) is 31.2 Å². The Hall–Kier alpha value is -2.17. The molecule has 2 aromatic carbocycles. The number of nitrogens with zero attached hydrogens (tertiary/aromatic N) is 2. The Morgan fingerprint density at radius 3 is 2.27 bits per heavy atom. The molecule has 0 atom stereocenters. The average Bonchev–Trinajstić information content (AvgIpc) is 2.69. The van der Waals surface area contributed by atoms with Crippen molar-refractivity contribution >= 4 is 27.5 Å². The van der Waals surface area contributed by atoms with Crippen molar-refractivity contribution in [2.24, 2.45) is 0 Å².